The van der Waals surface area contributed by atoms with Gasteiger partial charge in [-0.2, -0.15) is 0 Å². The maximum absolute atomic E-state index is 12.8. The number of hydrogen-bond donors (Lipinski definition) is 1. The number of hydrogen-bond acceptors (Lipinski definition) is 6. The van der Waals surface area contributed by atoms with Crippen molar-refractivity contribution in [3.05, 3.63) is 48.0 Å². The van der Waals surface area contributed by atoms with E-state index in [9.17, 15) is 13.2 Å². The third kappa shape index (κ3) is 5.47. The summed E-state index contributed by atoms with van der Waals surface area (Å²) in [6.07, 6.45) is 3.83. The van der Waals surface area contributed by atoms with Crippen LogP contribution in [0.3, 0.4) is 0 Å². The minimum Gasteiger partial charge on any atom is -0.497 e. The van der Waals surface area contributed by atoms with Crippen LogP contribution in [0.25, 0.3) is 0 Å². The highest BCUT2D eigenvalue weighted by molar-refractivity contribution is 7.98. The second-order valence-electron chi connectivity index (χ2n) is 6.78. The summed E-state index contributed by atoms with van der Waals surface area (Å²) in [5, 5.41) is 0. The predicted octanol–water partition coefficient (Wildman–Crippen LogP) is 3.01. The zero-order chi connectivity index (χ0) is 21.6. The summed E-state index contributed by atoms with van der Waals surface area (Å²) < 4.78 is 38.6. The minimum absolute atomic E-state index is 0.0762. The number of carbonyl (C=O) groups excluding carboxylic acids is 1. The molecule has 1 saturated heterocycles. The van der Waals surface area contributed by atoms with Gasteiger partial charge in [0.25, 0.3) is 5.91 Å². The molecule has 0 aliphatic carbocycles. The maximum Gasteiger partial charge on any atom is 0.255 e. The van der Waals surface area contributed by atoms with E-state index in [-0.39, 0.29) is 24.0 Å². The molecule has 0 aromatic heterocycles. The second-order valence-corrected chi connectivity index (χ2v) is 9.40. The molecule has 1 heterocycles. The number of nitrogens with one attached hydrogen (secondary N) is 1. The third-order valence-corrected chi connectivity index (χ3v) is 7.08. The first-order chi connectivity index (χ1) is 14.4. The quantitative estimate of drug-likeness (QED) is 0.467. The van der Waals surface area contributed by atoms with Gasteiger partial charge in [-0.3, -0.25) is 4.79 Å². The summed E-state index contributed by atoms with van der Waals surface area (Å²) >= 11 is 1.43. The van der Waals surface area contributed by atoms with E-state index in [0.717, 1.165) is 23.5 Å². The Morgan fingerprint density at radius 1 is 1.10 bits per heavy atom. The fourth-order valence-corrected chi connectivity index (χ4v) is 4.82. The molecule has 1 aliphatic heterocycles. The van der Waals surface area contributed by atoms with E-state index in [1.54, 1.807) is 42.3 Å². The number of rotatable bonds is 9. The Morgan fingerprint density at radius 2 is 1.77 bits per heavy atom. The van der Waals surface area contributed by atoms with Crippen LogP contribution in [0.2, 0.25) is 0 Å². The van der Waals surface area contributed by atoms with E-state index >= 15 is 0 Å². The van der Waals surface area contributed by atoms with Crippen LogP contribution < -0.4 is 14.2 Å². The number of ether oxygens (including phenoxy) is 2. The van der Waals surface area contributed by atoms with Crippen LogP contribution >= 0.6 is 11.8 Å². The van der Waals surface area contributed by atoms with Gasteiger partial charge in [0.15, 0.2) is 0 Å². The number of methoxy groups -OCH3 is 1. The molecular weight excluding hydrogens is 424 g/mol. The summed E-state index contributed by atoms with van der Waals surface area (Å²) in [4.78, 5) is 15.5. The smallest absolute Gasteiger partial charge is 0.255 e. The normalized spacial score (nSPS) is 14.0. The van der Waals surface area contributed by atoms with Crippen molar-refractivity contribution in [1.29, 1.82) is 0 Å². The Morgan fingerprint density at radius 3 is 2.40 bits per heavy atom. The molecule has 9 heteroatoms. The van der Waals surface area contributed by atoms with Crippen LogP contribution in [0.4, 0.5) is 0 Å². The zero-order valence-corrected chi connectivity index (χ0v) is 18.7. The Kier molecular flexibility index (Phi) is 7.63. The van der Waals surface area contributed by atoms with Gasteiger partial charge in [0, 0.05) is 24.5 Å². The van der Waals surface area contributed by atoms with Gasteiger partial charge < -0.3 is 14.4 Å². The second kappa shape index (κ2) is 10.2. The number of sulfonamides is 1. The van der Waals surface area contributed by atoms with E-state index in [1.807, 2.05) is 6.26 Å². The van der Waals surface area contributed by atoms with Crippen molar-refractivity contribution in [3.63, 3.8) is 0 Å². The van der Waals surface area contributed by atoms with Crippen molar-refractivity contribution in [2.75, 3.05) is 39.6 Å². The molecule has 0 bridgehead atoms. The largest absolute Gasteiger partial charge is 0.497 e. The highest BCUT2D eigenvalue weighted by atomic mass is 32.2. The van der Waals surface area contributed by atoms with Crippen LogP contribution in [0.15, 0.2) is 52.3 Å². The van der Waals surface area contributed by atoms with Crippen LogP contribution in [0.1, 0.15) is 23.2 Å². The molecule has 2 aromatic rings. The first-order valence-electron chi connectivity index (χ1n) is 9.68. The standard InChI is InChI=1S/C21H26N2O5S2/c1-27-16-5-7-17(8-6-16)28-14-11-22-30(25,26)18-9-10-20(29-2)19(15-18)21(24)23-12-3-4-13-23/h5-10,15,22H,3-4,11-14H2,1-2H3. The van der Waals surface area contributed by atoms with E-state index in [1.165, 1.54) is 23.9 Å². The monoisotopic (exact) mass is 450 g/mol. The van der Waals surface area contributed by atoms with Crippen LogP contribution in [0, 0.1) is 0 Å². The zero-order valence-electron chi connectivity index (χ0n) is 17.1. The molecule has 0 saturated carbocycles. The Bertz CT molecular complexity index is 971. The van der Waals surface area contributed by atoms with Crippen LogP contribution in [-0.2, 0) is 10.0 Å². The first-order valence-corrected chi connectivity index (χ1v) is 12.4. The van der Waals surface area contributed by atoms with Gasteiger partial charge in [-0.1, -0.05) is 0 Å². The minimum atomic E-state index is -3.76. The predicted molar refractivity (Wildman–Crippen MR) is 117 cm³/mol. The lowest BCUT2D eigenvalue weighted by molar-refractivity contribution is 0.0789. The van der Waals surface area contributed by atoms with Gasteiger partial charge in [0.05, 0.1) is 17.6 Å². The molecule has 1 N–H and O–H groups in total. The summed E-state index contributed by atoms with van der Waals surface area (Å²) in [5.74, 6) is 1.23. The van der Waals surface area contributed by atoms with Crippen molar-refractivity contribution >= 4 is 27.7 Å². The van der Waals surface area contributed by atoms with Gasteiger partial charge >= 0.3 is 0 Å². The van der Waals surface area contributed by atoms with Crippen molar-refractivity contribution < 1.29 is 22.7 Å². The number of carbonyl (C=O) groups is 1. The highest BCUT2D eigenvalue weighted by Gasteiger charge is 2.24. The molecule has 0 unspecified atom stereocenters. The van der Waals surface area contributed by atoms with E-state index in [4.69, 9.17) is 9.47 Å². The van der Waals surface area contributed by atoms with Gasteiger partial charge in [0.1, 0.15) is 18.1 Å². The van der Waals surface area contributed by atoms with Gasteiger partial charge in [-0.15, -0.1) is 11.8 Å². The average Bonchev–Trinajstić information content (AvgIpc) is 3.31. The van der Waals surface area contributed by atoms with E-state index in [2.05, 4.69) is 4.72 Å². The van der Waals surface area contributed by atoms with Crippen molar-refractivity contribution in [1.82, 2.24) is 9.62 Å². The molecule has 1 aliphatic rings. The van der Waals surface area contributed by atoms with E-state index < -0.39 is 10.0 Å². The Hall–Kier alpha value is -2.23. The summed E-state index contributed by atoms with van der Waals surface area (Å²) in [5.41, 5.74) is 0.432. The maximum atomic E-state index is 12.8. The summed E-state index contributed by atoms with van der Waals surface area (Å²) in [7, 11) is -2.18. The molecule has 162 valence electrons. The molecular formula is C21H26N2O5S2. The molecule has 0 atom stereocenters. The Labute approximate surface area is 181 Å². The molecule has 0 spiro atoms. The van der Waals surface area contributed by atoms with Crippen molar-refractivity contribution in [2.24, 2.45) is 0 Å². The van der Waals surface area contributed by atoms with Crippen LogP contribution in [0.5, 0.6) is 11.5 Å². The number of benzene rings is 2. The molecule has 1 fully saturated rings. The molecule has 0 radical (unpaired) electrons. The number of nitrogens with zero attached hydrogens (tertiary/aromatic N) is 1. The molecule has 7 nitrogen and oxygen atoms in total. The Balaban J connectivity index is 1.64. The average molecular weight is 451 g/mol. The lowest BCUT2D eigenvalue weighted by Crippen LogP contribution is -2.30. The number of thioether (sulfide) groups is 1. The lowest BCUT2D eigenvalue weighted by Gasteiger charge is -2.18. The lowest BCUT2D eigenvalue weighted by atomic mass is 10.2. The van der Waals surface area contributed by atoms with Gasteiger partial charge in [0.2, 0.25) is 10.0 Å². The fraction of sp³-hybridized carbons (Fsp3) is 0.381. The van der Waals surface area contributed by atoms with Crippen molar-refractivity contribution in [3.8, 4) is 11.5 Å². The first kappa shape index (κ1) is 22.5. The summed E-state index contributed by atoms with van der Waals surface area (Å²) in [6, 6.07) is 11.7. The van der Waals surface area contributed by atoms with Gasteiger partial charge in [-0.25, -0.2) is 13.1 Å². The van der Waals surface area contributed by atoms with Crippen LogP contribution in [-0.4, -0.2) is 58.8 Å². The fourth-order valence-electron chi connectivity index (χ4n) is 3.21. The van der Waals surface area contributed by atoms with E-state index in [0.29, 0.717) is 24.4 Å². The molecule has 30 heavy (non-hydrogen) atoms. The third-order valence-electron chi connectivity index (χ3n) is 4.83. The highest BCUT2D eigenvalue weighted by Crippen LogP contribution is 2.26. The SMILES string of the molecule is COc1ccc(OCCNS(=O)(=O)c2ccc(SC)c(C(=O)N3CCCC3)c2)cc1. The molecule has 2 aromatic carbocycles. The molecule has 1 amide bonds. The van der Waals surface area contributed by atoms with Gasteiger partial charge in [-0.05, 0) is 61.6 Å². The topological polar surface area (TPSA) is 84.9 Å². The number of amides is 1. The number of likely N-dealkylation sites (tertiary alicyclic amines) is 1. The molecule has 3 rings (SSSR count). The van der Waals surface area contributed by atoms with Crippen molar-refractivity contribution in [2.45, 2.75) is 22.6 Å². The summed E-state index contributed by atoms with van der Waals surface area (Å²) in [6.45, 7) is 1.71.